The van der Waals surface area contributed by atoms with Gasteiger partial charge in [0.05, 0.1) is 27.9 Å². The van der Waals surface area contributed by atoms with Crippen LogP contribution in [0.3, 0.4) is 0 Å². The lowest BCUT2D eigenvalue weighted by molar-refractivity contribution is -0.389. The summed E-state index contributed by atoms with van der Waals surface area (Å²) in [7, 11) is 4.89. The number of imidazole rings is 1. The van der Waals surface area contributed by atoms with Crippen LogP contribution in [0.1, 0.15) is 25.0 Å². The van der Waals surface area contributed by atoms with Crippen molar-refractivity contribution >= 4 is 5.82 Å². The molecule has 0 fully saturated rings. The minimum atomic E-state index is -0.517. The lowest BCUT2D eigenvalue weighted by Gasteiger charge is -2.21. The Morgan fingerprint density at radius 2 is 1.43 bits per heavy atom. The molecule has 0 bridgehead atoms. The maximum Gasteiger partial charge on any atom is 0.381 e. The third-order valence-electron chi connectivity index (χ3n) is 6.18. The molecule has 3 rings (SSSR count). The molecule has 3 aromatic rings. The summed E-state index contributed by atoms with van der Waals surface area (Å²) in [5, 5.41) is 10.8. The molecule has 0 N–H and O–H groups in total. The number of rotatable bonds is 13. The number of nitrogens with zero attached hydrogens (tertiary/aromatic N) is 3. The lowest BCUT2D eigenvalue weighted by atomic mass is 9.85. The molecule has 2 atom stereocenters. The van der Waals surface area contributed by atoms with E-state index in [-0.39, 0.29) is 5.82 Å². The van der Waals surface area contributed by atoms with Crippen molar-refractivity contribution in [3.05, 3.63) is 70.2 Å². The molecular formula is C26H33N3O6. The fraction of sp³-hybridized carbons (Fsp3) is 0.423. The van der Waals surface area contributed by atoms with E-state index in [9.17, 15) is 10.1 Å². The van der Waals surface area contributed by atoms with Crippen molar-refractivity contribution in [3.63, 3.8) is 0 Å². The Labute approximate surface area is 205 Å². The second kappa shape index (κ2) is 12.1. The molecule has 0 radical (unpaired) electrons. The molecule has 2 aromatic carbocycles. The van der Waals surface area contributed by atoms with Gasteiger partial charge in [-0.3, -0.25) is 0 Å². The Kier molecular flexibility index (Phi) is 8.94. The molecule has 0 saturated carbocycles. The van der Waals surface area contributed by atoms with Crippen LogP contribution in [0.15, 0.2) is 48.9 Å². The van der Waals surface area contributed by atoms with Gasteiger partial charge in [-0.25, -0.2) is 0 Å². The summed E-state index contributed by atoms with van der Waals surface area (Å²) in [5.74, 6) is 3.46. The molecule has 0 saturated heterocycles. The van der Waals surface area contributed by atoms with Crippen molar-refractivity contribution in [1.29, 1.82) is 0 Å². The van der Waals surface area contributed by atoms with Crippen LogP contribution < -0.4 is 18.9 Å². The molecule has 0 unspecified atom stereocenters. The number of benzene rings is 2. The van der Waals surface area contributed by atoms with Gasteiger partial charge in [-0.2, -0.15) is 0 Å². The van der Waals surface area contributed by atoms with Crippen LogP contribution >= 0.6 is 0 Å². The monoisotopic (exact) mass is 483 g/mol. The number of hydrogen-bond donors (Lipinski definition) is 0. The maximum absolute atomic E-state index is 10.8. The summed E-state index contributed by atoms with van der Waals surface area (Å²) in [6, 6.07) is 12.0. The molecule has 35 heavy (non-hydrogen) atoms. The molecule has 0 aliphatic carbocycles. The summed E-state index contributed by atoms with van der Waals surface area (Å²) in [6.45, 7) is 5.28. The molecule has 1 aromatic heterocycles. The largest absolute Gasteiger partial charge is 0.493 e. The van der Waals surface area contributed by atoms with Gasteiger partial charge in [0.15, 0.2) is 23.0 Å². The van der Waals surface area contributed by atoms with Gasteiger partial charge < -0.3 is 33.6 Å². The smallest absolute Gasteiger partial charge is 0.381 e. The van der Waals surface area contributed by atoms with Crippen LogP contribution in [0.4, 0.5) is 5.82 Å². The van der Waals surface area contributed by atoms with Crippen molar-refractivity contribution in [1.82, 2.24) is 9.55 Å². The second-order valence-electron chi connectivity index (χ2n) is 8.61. The van der Waals surface area contributed by atoms with Crippen LogP contribution in [-0.4, -0.2) is 42.4 Å². The Morgan fingerprint density at radius 1 is 0.886 bits per heavy atom. The quantitative estimate of drug-likeness (QED) is 0.250. The van der Waals surface area contributed by atoms with E-state index in [1.807, 2.05) is 24.3 Å². The molecule has 0 spiro atoms. The first kappa shape index (κ1) is 25.9. The third kappa shape index (κ3) is 6.88. The highest BCUT2D eigenvalue weighted by Gasteiger charge is 2.17. The highest BCUT2D eigenvalue weighted by molar-refractivity contribution is 5.44. The number of nitro groups is 1. The fourth-order valence-corrected chi connectivity index (χ4v) is 3.94. The Hall–Kier alpha value is -3.75. The number of ether oxygens (including phenoxy) is 4. The zero-order chi connectivity index (χ0) is 25.4. The van der Waals surface area contributed by atoms with Gasteiger partial charge in [0.2, 0.25) is 6.33 Å². The third-order valence-corrected chi connectivity index (χ3v) is 6.18. The highest BCUT2D eigenvalue weighted by Crippen LogP contribution is 2.32. The predicted octanol–water partition coefficient (Wildman–Crippen LogP) is 4.95. The molecule has 0 aliphatic heterocycles. The van der Waals surface area contributed by atoms with Gasteiger partial charge in [-0.05, 0) is 70.0 Å². The average molecular weight is 484 g/mol. The van der Waals surface area contributed by atoms with Crippen LogP contribution in [0.5, 0.6) is 23.0 Å². The summed E-state index contributed by atoms with van der Waals surface area (Å²) in [5.41, 5.74) is 2.37. The second-order valence-corrected chi connectivity index (χ2v) is 8.61. The molecule has 0 aliphatic rings. The fourth-order valence-electron chi connectivity index (χ4n) is 3.94. The topological polar surface area (TPSA) is 97.9 Å². The minimum Gasteiger partial charge on any atom is -0.493 e. The molecule has 188 valence electrons. The highest BCUT2D eigenvalue weighted by atomic mass is 16.6. The van der Waals surface area contributed by atoms with E-state index in [2.05, 4.69) is 31.0 Å². The predicted molar refractivity (Wildman–Crippen MR) is 133 cm³/mol. The van der Waals surface area contributed by atoms with Crippen molar-refractivity contribution in [2.24, 2.45) is 11.8 Å². The van der Waals surface area contributed by atoms with Crippen molar-refractivity contribution in [3.8, 4) is 23.0 Å². The summed E-state index contributed by atoms with van der Waals surface area (Å²) < 4.78 is 23.8. The van der Waals surface area contributed by atoms with E-state index in [4.69, 9.17) is 18.9 Å². The van der Waals surface area contributed by atoms with E-state index >= 15 is 0 Å². The molecule has 9 nitrogen and oxygen atoms in total. The van der Waals surface area contributed by atoms with Crippen molar-refractivity contribution in [2.75, 3.05) is 27.9 Å². The normalized spacial score (nSPS) is 12.6. The SMILES string of the molecule is COc1ccc(C[C@H](C)[C@H](C)Cc2ccc(OC)c(OCCn3cnc([N+](=O)[O-])c3)c2)cc1OC. The van der Waals surface area contributed by atoms with Gasteiger partial charge in [0, 0.05) is 0 Å². The Bertz CT molecular complexity index is 1130. The zero-order valence-electron chi connectivity index (χ0n) is 20.9. The van der Waals surface area contributed by atoms with Crippen LogP contribution in [0.25, 0.3) is 0 Å². The standard InChI is InChI=1S/C26H33N3O6/c1-18(12-20-6-8-22(32-3)24(14-20)34-5)19(2)13-21-7-9-23(33-4)25(15-21)35-11-10-28-16-26(27-17-28)29(30)31/h6-9,14-19H,10-13H2,1-5H3/t18-,19+/m0/s1. The summed E-state index contributed by atoms with van der Waals surface area (Å²) in [6.07, 6.45) is 4.63. The van der Waals surface area contributed by atoms with Gasteiger partial charge in [0.1, 0.15) is 12.8 Å². The van der Waals surface area contributed by atoms with Crippen molar-refractivity contribution < 1.29 is 23.9 Å². The average Bonchev–Trinajstić information content (AvgIpc) is 3.33. The Morgan fingerprint density at radius 3 is 1.94 bits per heavy atom. The maximum atomic E-state index is 10.8. The van der Waals surface area contributed by atoms with E-state index in [1.54, 1.807) is 25.9 Å². The first-order valence-electron chi connectivity index (χ1n) is 11.5. The molecular weight excluding hydrogens is 450 g/mol. The van der Waals surface area contributed by atoms with E-state index in [0.717, 1.165) is 29.9 Å². The zero-order valence-corrected chi connectivity index (χ0v) is 20.9. The van der Waals surface area contributed by atoms with Gasteiger partial charge in [-0.15, -0.1) is 0 Å². The first-order chi connectivity index (χ1) is 16.8. The van der Waals surface area contributed by atoms with Crippen molar-refractivity contribution in [2.45, 2.75) is 33.2 Å². The van der Waals surface area contributed by atoms with E-state index in [1.165, 1.54) is 18.1 Å². The van der Waals surface area contributed by atoms with Crippen LogP contribution in [-0.2, 0) is 19.4 Å². The van der Waals surface area contributed by atoms with E-state index in [0.29, 0.717) is 36.5 Å². The summed E-state index contributed by atoms with van der Waals surface area (Å²) >= 11 is 0. The van der Waals surface area contributed by atoms with Crippen LogP contribution in [0.2, 0.25) is 0 Å². The Balaban J connectivity index is 1.60. The van der Waals surface area contributed by atoms with Crippen LogP contribution in [0, 0.1) is 22.0 Å². The number of hydrogen-bond acceptors (Lipinski definition) is 7. The lowest BCUT2D eigenvalue weighted by Crippen LogP contribution is -2.14. The molecule has 0 amide bonds. The minimum absolute atomic E-state index is 0.180. The molecule has 9 heteroatoms. The first-order valence-corrected chi connectivity index (χ1v) is 11.5. The summed E-state index contributed by atoms with van der Waals surface area (Å²) in [4.78, 5) is 14.0. The number of aromatic nitrogens is 2. The number of methoxy groups -OCH3 is 3. The van der Waals surface area contributed by atoms with Gasteiger partial charge in [0.25, 0.3) is 0 Å². The molecule has 1 heterocycles. The van der Waals surface area contributed by atoms with Gasteiger partial charge >= 0.3 is 5.82 Å². The van der Waals surface area contributed by atoms with E-state index < -0.39 is 4.92 Å². The van der Waals surface area contributed by atoms with Gasteiger partial charge in [-0.1, -0.05) is 26.0 Å².